The Morgan fingerprint density at radius 1 is 1.53 bits per heavy atom. The van der Waals surface area contributed by atoms with Gasteiger partial charge in [0, 0.05) is 6.42 Å². The first-order chi connectivity index (χ1) is 7.03. The molecule has 1 rings (SSSR count). The summed E-state index contributed by atoms with van der Waals surface area (Å²) in [6.45, 7) is 3.49. The summed E-state index contributed by atoms with van der Waals surface area (Å²) in [7, 11) is -3.39. The molecule has 1 saturated heterocycles. The zero-order chi connectivity index (χ0) is 11.3. The van der Waals surface area contributed by atoms with Gasteiger partial charge >= 0.3 is 0 Å². The van der Waals surface area contributed by atoms with E-state index in [2.05, 4.69) is 10.0 Å². The summed E-state index contributed by atoms with van der Waals surface area (Å²) < 4.78 is 24.6. The van der Waals surface area contributed by atoms with E-state index >= 15 is 0 Å². The molecule has 0 aromatic carbocycles. The smallest absolute Gasteiger partial charge is 0.234 e. The van der Waals surface area contributed by atoms with E-state index in [-0.39, 0.29) is 17.6 Å². The van der Waals surface area contributed by atoms with Crippen LogP contribution in [0.5, 0.6) is 0 Å². The van der Waals surface area contributed by atoms with Crippen molar-refractivity contribution in [3.63, 3.8) is 0 Å². The Balaban J connectivity index is 2.34. The minimum Gasteiger partial charge on any atom is -0.316 e. The minimum atomic E-state index is -3.39. The molecule has 1 aliphatic rings. The van der Waals surface area contributed by atoms with Crippen molar-refractivity contribution in [2.45, 2.75) is 26.2 Å². The van der Waals surface area contributed by atoms with Gasteiger partial charge in [-0.05, 0) is 31.8 Å². The Hall–Kier alpha value is -0.620. The maximum absolute atomic E-state index is 11.4. The lowest BCUT2D eigenvalue weighted by Gasteiger charge is -2.08. The van der Waals surface area contributed by atoms with Crippen molar-refractivity contribution in [1.29, 1.82) is 0 Å². The fourth-order valence-electron chi connectivity index (χ4n) is 1.69. The summed E-state index contributed by atoms with van der Waals surface area (Å²) in [5.74, 6) is -0.0826. The molecule has 0 aliphatic carbocycles. The molecule has 0 radical (unpaired) electrons. The van der Waals surface area contributed by atoms with E-state index in [1.165, 1.54) is 0 Å². The highest BCUT2D eigenvalue weighted by molar-refractivity contribution is 7.90. The van der Waals surface area contributed by atoms with Crippen LogP contribution in [0.1, 0.15) is 26.2 Å². The summed E-state index contributed by atoms with van der Waals surface area (Å²) in [5.41, 5.74) is 0. The monoisotopic (exact) mass is 234 g/mol. The molecule has 0 saturated carbocycles. The molecule has 0 aromatic heterocycles. The normalized spacial score (nSPS) is 21.5. The molecule has 0 aromatic rings. The average molecular weight is 234 g/mol. The van der Waals surface area contributed by atoms with Crippen molar-refractivity contribution in [2.75, 3.05) is 18.8 Å². The summed E-state index contributed by atoms with van der Waals surface area (Å²) >= 11 is 0. The van der Waals surface area contributed by atoms with Crippen molar-refractivity contribution in [3.8, 4) is 0 Å². The highest BCUT2D eigenvalue weighted by Crippen LogP contribution is 2.11. The Morgan fingerprint density at radius 3 is 2.80 bits per heavy atom. The zero-order valence-electron chi connectivity index (χ0n) is 8.95. The number of hydrogen-bond acceptors (Lipinski definition) is 4. The molecular weight excluding hydrogens is 216 g/mol. The quantitative estimate of drug-likeness (QED) is 0.693. The standard InChI is InChI=1S/C9H18N2O3S/c1-2-5-15(13,14)11-9(12)6-8-3-4-10-7-8/h8,10H,2-7H2,1H3,(H,11,12). The number of amides is 1. The lowest BCUT2D eigenvalue weighted by Crippen LogP contribution is -2.33. The lowest BCUT2D eigenvalue weighted by atomic mass is 10.1. The molecule has 2 N–H and O–H groups in total. The van der Waals surface area contributed by atoms with Gasteiger partial charge in [0.2, 0.25) is 15.9 Å². The molecule has 1 heterocycles. The maximum Gasteiger partial charge on any atom is 0.234 e. The van der Waals surface area contributed by atoms with Crippen molar-refractivity contribution in [3.05, 3.63) is 0 Å². The molecule has 1 unspecified atom stereocenters. The van der Waals surface area contributed by atoms with Crippen LogP contribution in [0, 0.1) is 5.92 Å². The number of nitrogens with one attached hydrogen (secondary N) is 2. The first kappa shape index (κ1) is 12.4. The van der Waals surface area contributed by atoms with Gasteiger partial charge in [-0.2, -0.15) is 0 Å². The molecule has 1 amide bonds. The average Bonchev–Trinajstić information content (AvgIpc) is 2.54. The van der Waals surface area contributed by atoms with Gasteiger partial charge in [-0.25, -0.2) is 8.42 Å². The van der Waals surface area contributed by atoms with Crippen LogP contribution in [-0.4, -0.2) is 33.2 Å². The molecular formula is C9H18N2O3S. The number of carbonyl (C=O) groups is 1. The third-order valence-electron chi connectivity index (χ3n) is 2.38. The van der Waals surface area contributed by atoms with Crippen LogP contribution in [0.4, 0.5) is 0 Å². The van der Waals surface area contributed by atoms with Gasteiger partial charge in [-0.15, -0.1) is 0 Å². The first-order valence-electron chi connectivity index (χ1n) is 5.27. The number of rotatable bonds is 5. The van der Waals surface area contributed by atoms with Gasteiger partial charge in [-0.1, -0.05) is 6.92 Å². The molecule has 1 fully saturated rings. The van der Waals surface area contributed by atoms with Crippen molar-refractivity contribution in [1.82, 2.24) is 10.0 Å². The van der Waals surface area contributed by atoms with Gasteiger partial charge < -0.3 is 5.32 Å². The second kappa shape index (κ2) is 5.46. The van der Waals surface area contributed by atoms with Gasteiger partial charge in [0.25, 0.3) is 0 Å². The molecule has 0 bridgehead atoms. The van der Waals surface area contributed by atoms with Crippen molar-refractivity contribution in [2.24, 2.45) is 5.92 Å². The predicted octanol–water partition coefficient (Wildman–Crippen LogP) is -0.158. The fraction of sp³-hybridized carbons (Fsp3) is 0.889. The summed E-state index contributed by atoms with van der Waals surface area (Å²) in [5, 5.41) is 3.14. The third kappa shape index (κ3) is 4.61. The van der Waals surface area contributed by atoms with E-state index in [1.807, 2.05) is 0 Å². The molecule has 6 heteroatoms. The predicted molar refractivity (Wildman–Crippen MR) is 57.8 cm³/mol. The largest absolute Gasteiger partial charge is 0.316 e. The van der Waals surface area contributed by atoms with Crippen LogP contribution >= 0.6 is 0 Å². The van der Waals surface area contributed by atoms with E-state index in [1.54, 1.807) is 6.92 Å². The SMILES string of the molecule is CCCS(=O)(=O)NC(=O)CC1CCNC1. The summed E-state index contributed by atoms with van der Waals surface area (Å²) in [4.78, 5) is 11.4. The molecule has 88 valence electrons. The van der Waals surface area contributed by atoms with Crippen LogP contribution < -0.4 is 10.0 Å². The van der Waals surface area contributed by atoms with E-state index in [0.29, 0.717) is 12.8 Å². The summed E-state index contributed by atoms with van der Waals surface area (Å²) in [6.07, 6.45) is 1.77. The van der Waals surface area contributed by atoms with Crippen LogP contribution in [-0.2, 0) is 14.8 Å². The van der Waals surface area contributed by atoms with E-state index < -0.39 is 10.0 Å². The summed E-state index contributed by atoms with van der Waals surface area (Å²) in [6, 6.07) is 0. The lowest BCUT2D eigenvalue weighted by molar-refractivity contribution is -0.120. The molecule has 15 heavy (non-hydrogen) atoms. The number of sulfonamides is 1. The molecule has 1 atom stereocenters. The maximum atomic E-state index is 11.4. The van der Waals surface area contributed by atoms with Gasteiger partial charge in [0.05, 0.1) is 5.75 Å². The van der Waals surface area contributed by atoms with Crippen molar-refractivity contribution < 1.29 is 13.2 Å². The van der Waals surface area contributed by atoms with Gasteiger partial charge in [-0.3, -0.25) is 9.52 Å². The van der Waals surface area contributed by atoms with Gasteiger partial charge in [0.1, 0.15) is 0 Å². The third-order valence-corrected chi connectivity index (χ3v) is 3.86. The molecule has 5 nitrogen and oxygen atoms in total. The topological polar surface area (TPSA) is 75.3 Å². The van der Waals surface area contributed by atoms with E-state index in [9.17, 15) is 13.2 Å². The second-order valence-electron chi connectivity index (χ2n) is 3.91. The van der Waals surface area contributed by atoms with Crippen LogP contribution in [0.25, 0.3) is 0 Å². The Kier molecular flexibility index (Phi) is 4.53. The highest BCUT2D eigenvalue weighted by atomic mass is 32.2. The van der Waals surface area contributed by atoms with Crippen LogP contribution in [0.2, 0.25) is 0 Å². The Bertz CT molecular complexity index is 307. The molecule has 1 aliphatic heterocycles. The molecule has 0 spiro atoms. The van der Waals surface area contributed by atoms with Crippen molar-refractivity contribution >= 4 is 15.9 Å². The Labute approximate surface area is 90.7 Å². The van der Waals surface area contributed by atoms with Gasteiger partial charge in [0.15, 0.2) is 0 Å². The van der Waals surface area contributed by atoms with E-state index in [4.69, 9.17) is 0 Å². The first-order valence-corrected chi connectivity index (χ1v) is 6.93. The van der Waals surface area contributed by atoms with Crippen LogP contribution in [0.15, 0.2) is 0 Å². The number of hydrogen-bond donors (Lipinski definition) is 2. The minimum absolute atomic E-state index is 0.0155. The second-order valence-corrected chi connectivity index (χ2v) is 5.75. The highest BCUT2D eigenvalue weighted by Gasteiger charge is 2.20. The van der Waals surface area contributed by atoms with Crippen LogP contribution in [0.3, 0.4) is 0 Å². The Morgan fingerprint density at radius 2 is 2.27 bits per heavy atom. The van der Waals surface area contributed by atoms with E-state index in [0.717, 1.165) is 19.5 Å². The fourth-order valence-corrected chi connectivity index (χ4v) is 2.76. The zero-order valence-corrected chi connectivity index (χ0v) is 9.77. The number of carbonyl (C=O) groups excluding carboxylic acids is 1.